The quantitative estimate of drug-likeness (QED) is 0.915. The van der Waals surface area contributed by atoms with Gasteiger partial charge in [0.1, 0.15) is 0 Å². The van der Waals surface area contributed by atoms with Crippen LogP contribution in [-0.4, -0.2) is 32.2 Å². The minimum absolute atomic E-state index is 0.145. The van der Waals surface area contributed by atoms with Crippen LogP contribution < -0.4 is 0 Å². The highest BCUT2D eigenvalue weighted by atomic mass is 32.1. The average Bonchev–Trinajstić information content (AvgIpc) is 3.19. The van der Waals surface area contributed by atoms with Crippen LogP contribution in [0.1, 0.15) is 70.2 Å². The van der Waals surface area contributed by atoms with Crippen molar-refractivity contribution in [2.75, 3.05) is 6.54 Å². The van der Waals surface area contributed by atoms with Gasteiger partial charge < -0.3 is 10.0 Å². The molecule has 5 nitrogen and oxygen atoms in total. The highest BCUT2D eigenvalue weighted by molar-refractivity contribution is 7.14. The molecule has 0 aromatic carbocycles. The van der Waals surface area contributed by atoms with Gasteiger partial charge in [-0.3, -0.25) is 9.48 Å². The first-order valence-corrected chi connectivity index (χ1v) is 10.1. The third-order valence-electron chi connectivity index (χ3n) is 5.26. The standard InChI is InChI=1S/C19H25N3O2S/c1-2-16(23)15-11-14-12-21(8-5-9-22(14)20-15)19(24)18-10-13-6-3-4-7-17(13)25-18/h10-11,16,23H,2-9,12H2,1H3. The molecule has 1 aliphatic heterocycles. The number of hydrogen-bond acceptors (Lipinski definition) is 4. The number of aliphatic hydroxyl groups is 1. The molecule has 0 radical (unpaired) electrons. The summed E-state index contributed by atoms with van der Waals surface area (Å²) in [5.74, 6) is 0.145. The van der Waals surface area contributed by atoms with Gasteiger partial charge >= 0.3 is 0 Å². The molecule has 25 heavy (non-hydrogen) atoms. The summed E-state index contributed by atoms with van der Waals surface area (Å²) in [6.07, 6.45) is 5.75. The van der Waals surface area contributed by atoms with Gasteiger partial charge in [0.05, 0.1) is 28.9 Å². The molecule has 2 aliphatic rings. The molecule has 1 N–H and O–H groups in total. The van der Waals surface area contributed by atoms with E-state index < -0.39 is 6.10 Å². The summed E-state index contributed by atoms with van der Waals surface area (Å²) in [5.41, 5.74) is 3.13. The lowest BCUT2D eigenvalue weighted by molar-refractivity contribution is 0.0750. The normalized spacial score (nSPS) is 18.4. The first-order chi connectivity index (χ1) is 12.2. The van der Waals surface area contributed by atoms with E-state index in [1.165, 1.54) is 23.3 Å². The third-order valence-corrected chi connectivity index (χ3v) is 6.48. The van der Waals surface area contributed by atoms with Crippen LogP contribution in [0.15, 0.2) is 12.1 Å². The van der Waals surface area contributed by atoms with E-state index in [-0.39, 0.29) is 5.91 Å². The highest BCUT2D eigenvalue weighted by Gasteiger charge is 2.25. The van der Waals surface area contributed by atoms with Crippen LogP contribution in [0.4, 0.5) is 0 Å². The van der Waals surface area contributed by atoms with Crippen molar-refractivity contribution in [1.82, 2.24) is 14.7 Å². The van der Waals surface area contributed by atoms with Crippen LogP contribution in [0.3, 0.4) is 0 Å². The van der Waals surface area contributed by atoms with E-state index in [9.17, 15) is 9.90 Å². The van der Waals surface area contributed by atoms with Crippen LogP contribution in [0, 0.1) is 0 Å². The fourth-order valence-electron chi connectivity index (χ4n) is 3.78. The molecule has 6 heteroatoms. The Labute approximate surface area is 152 Å². The summed E-state index contributed by atoms with van der Waals surface area (Å²) in [6, 6.07) is 4.08. The smallest absolute Gasteiger partial charge is 0.264 e. The Bertz CT molecular complexity index is 756. The monoisotopic (exact) mass is 359 g/mol. The van der Waals surface area contributed by atoms with Gasteiger partial charge in [-0.2, -0.15) is 5.10 Å². The van der Waals surface area contributed by atoms with Crippen molar-refractivity contribution >= 4 is 17.2 Å². The van der Waals surface area contributed by atoms with Crippen LogP contribution >= 0.6 is 11.3 Å². The molecule has 4 rings (SSSR count). The summed E-state index contributed by atoms with van der Waals surface area (Å²) in [5, 5.41) is 14.6. The van der Waals surface area contributed by atoms with E-state index in [0.29, 0.717) is 13.0 Å². The van der Waals surface area contributed by atoms with Crippen molar-refractivity contribution in [3.8, 4) is 0 Å². The molecule has 2 aromatic rings. The van der Waals surface area contributed by atoms with Gasteiger partial charge in [-0.25, -0.2) is 0 Å². The summed E-state index contributed by atoms with van der Waals surface area (Å²) < 4.78 is 1.96. The number of amides is 1. The molecule has 0 fully saturated rings. The number of aryl methyl sites for hydroxylation is 3. The van der Waals surface area contributed by atoms with E-state index in [1.54, 1.807) is 11.3 Å². The summed E-state index contributed by atoms with van der Waals surface area (Å²) in [4.78, 5) is 17.3. The van der Waals surface area contributed by atoms with E-state index >= 15 is 0 Å². The molecule has 0 bridgehead atoms. The number of thiophene rings is 1. The maximum atomic E-state index is 13.0. The zero-order valence-corrected chi connectivity index (χ0v) is 15.5. The predicted molar refractivity (Wildman–Crippen MR) is 97.8 cm³/mol. The zero-order chi connectivity index (χ0) is 17.4. The highest BCUT2D eigenvalue weighted by Crippen LogP contribution is 2.31. The topological polar surface area (TPSA) is 58.4 Å². The lowest BCUT2D eigenvalue weighted by atomic mass is 9.99. The number of fused-ring (bicyclic) bond motifs is 2. The van der Waals surface area contributed by atoms with Crippen molar-refractivity contribution in [2.24, 2.45) is 0 Å². The number of aromatic nitrogens is 2. The predicted octanol–water partition coefficient (Wildman–Crippen LogP) is 3.31. The van der Waals surface area contributed by atoms with E-state index in [0.717, 1.165) is 48.6 Å². The van der Waals surface area contributed by atoms with Gasteiger partial charge in [-0.15, -0.1) is 11.3 Å². The van der Waals surface area contributed by atoms with Crippen LogP contribution in [0.2, 0.25) is 0 Å². The second kappa shape index (κ2) is 6.92. The molecule has 134 valence electrons. The van der Waals surface area contributed by atoms with Crippen molar-refractivity contribution in [1.29, 1.82) is 0 Å². The maximum absolute atomic E-state index is 13.0. The van der Waals surface area contributed by atoms with Gasteiger partial charge in [-0.05, 0) is 56.2 Å². The van der Waals surface area contributed by atoms with Crippen molar-refractivity contribution in [3.63, 3.8) is 0 Å². The Morgan fingerprint density at radius 2 is 2.12 bits per heavy atom. The van der Waals surface area contributed by atoms with E-state index in [4.69, 9.17) is 0 Å². The number of hydrogen-bond donors (Lipinski definition) is 1. The van der Waals surface area contributed by atoms with Crippen LogP contribution in [-0.2, 0) is 25.9 Å². The Morgan fingerprint density at radius 1 is 1.28 bits per heavy atom. The second-order valence-corrected chi connectivity index (χ2v) is 8.19. The lowest BCUT2D eigenvalue weighted by Crippen LogP contribution is -2.30. The summed E-state index contributed by atoms with van der Waals surface area (Å²) >= 11 is 1.69. The maximum Gasteiger partial charge on any atom is 0.264 e. The minimum atomic E-state index is -0.521. The summed E-state index contributed by atoms with van der Waals surface area (Å²) in [6.45, 7) is 4.08. The summed E-state index contributed by atoms with van der Waals surface area (Å²) in [7, 11) is 0. The molecule has 1 atom stereocenters. The Balaban J connectivity index is 1.55. The van der Waals surface area contributed by atoms with Crippen LogP contribution in [0.5, 0.6) is 0 Å². The molecule has 1 amide bonds. The first-order valence-electron chi connectivity index (χ1n) is 9.31. The van der Waals surface area contributed by atoms with Crippen molar-refractivity contribution in [2.45, 2.75) is 64.6 Å². The number of aliphatic hydroxyl groups excluding tert-OH is 1. The van der Waals surface area contributed by atoms with Crippen molar-refractivity contribution < 1.29 is 9.90 Å². The van der Waals surface area contributed by atoms with Gasteiger partial charge in [-0.1, -0.05) is 6.92 Å². The largest absolute Gasteiger partial charge is 0.387 e. The first kappa shape index (κ1) is 16.8. The number of carbonyl (C=O) groups excluding carboxylic acids is 1. The van der Waals surface area contributed by atoms with Crippen molar-refractivity contribution in [3.05, 3.63) is 38.8 Å². The third kappa shape index (κ3) is 3.25. The van der Waals surface area contributed by atoms with Gasteiger partial charge in [0, 0.05) is 18.0 Å². The zero-order valence-electron chi connectivity index (χ0n) is 14.7. The fourth-order valence-corrected chi connectivity index (χ4v) is 5.00. The minimum Gasteiger partial charge on any atom is -0.387 e. The number of rotatable bonds is 3. The van der Waals surface area contributed by atoms with Gasteiger partial charge in [0.2, 0.25) is 0 Å². The molecule has 0 spiro atoms. The van der Waals surface area contributed by atoms with Gasteiger partial charge in [0.25, 0.3) is 5.91 Å². The number of carbonyl (C=O) groups is 1. The molecule has 0 saturated heterocycles. The average molecular weight is 359 g/mol. The molecular formula is C19H25N3O2S. The molecule has 0 saturated carbocycles. The second-order valence-electron chi connectivity index (χ2n) is 7.05. The molecular weight excluding hydrogens is 334 g/mol. The van der Waals surface area contributed by atoms with Gasteiger partial charge in [0.15, 0.2) is 0 Å². The molecule has 3 heterocycles. The SMILES string of the molecule is CCC(O)c1cc2n(n1)CCCN(C(=O)c1cc3c(s1)CCCC3)C2. The van der Waals surface area contributed by atoms with E-state index in [2.05, 4.69) is 11.2 Å². The Hall–Kier alpha value is -1.66. The fraction of sp³-hybridized carbons (Fsp3) is 0.579. The number of nitrogens with zero attached hydrogens (tertiary/aromatic N) is 3. The molecule has 1 unspecified atom stereocenters. The Kier molecular flexibility index (Phi) is 4.65. The Morgan fingerprint density at radius 3 is 2.92 bits per heavy atom. The van der Waals surface area contributed by atoms with Crippen LogP contribution in [0.25, 0.3) is 0 Å². The van der Waals surface area contributed by atoms with E-state index in [1.807, 2.05) is 22.6 Å². The molecule has 2 aromatic heterocycles. The lowest BCUT2D eigenvalue weighted by Gasteiger charge is -2.19. The molecule has 1 aliphatic carbocycles.